The fourth-order valence-electron chi connectivity index (χ4n) is 3.41. The summed E-state index contributed by atoms with van der Waals surface area (Å²) in [4.78, 5) is 17.4. The molecule has 2 aromatic heterocycles. The van der Waals surface area contributed by atoms with Gasteiger partial charge in [-0.2, -0.15) is 23.0 Å². The molecule has 158 valence electrons. The third-order valence-corrected chi connectivity index (χ3v) is 5.00. The first-order valence-corrected chi connectivity index (χ1v) is 9.56. The second-order valence-electron chi connectivity index (χ2n) is 7.38. The third kappa shape index (κ3) is 4.01. The van der Waals surface area contributed by atoms with Gasteiger partial charge in [0.15, 0.2) is 5.82 Å². The third-order valence-electron chi connectivity index (χ3n) is 5.00. The smallest absolute Gasteiger partial charge is 0.306 e. The molecule has 0 unspecified atom stereocenters. The Balaban J connectivity index is 1.69. The molecule has 0 fully saturated rings. The second-order valence-corrected chi connectivity index (χ2v) is 7.38. The highest BCUT2D eigenvalue weighted by Gasteiger charge is 2.30. The number of carbonyl (C=O) groups excluding carboxylic acids is 1. The van der Waals surface area contributed by atoms with Gasteiger partial charge in [-0.05, 0) is 62.2 Å². The Morgan fingerprint density at radius 1 is 0.968 bits per heavy atom. The molecule has 8 heteroatoms. The summed E-state index contributed by atoms with van der Waals surface area (Å²) < 4.78 is 39.8. The molecule has 1 N–H and O–H groups in total. The number of pyridine rings is 1. The van der Waals surface area contributed by atoms with Crippen LogP contribution in [0.4, 0.5) is 19.0 Å². The van der Waals surface area contributed by atoms with E-state index in [1.54, 1.807) is 13.0 Å². The van der Waals surface area contributed by atoms with Gasteiger partial charge >= 0.3 is 6.18 Å². The summed E-state index contributed by atoms with van der Waals surface area (Å²) in [5, 5.41) is 8.20. The highest BCUT2D eigenvalue weighted by molar-refractivity contribution is 6.04. The number of halogens is 3. The lowest BCUT2D eigenvalue weighted by atomic mass is 10.1. The molecule has 0 radical (unpaired) electrons. The number of rotatable bonds is 3. The lowest BCUT2D eigenvalue weighted by Gasteiger charge is -2.12. The van der Waals surface area contributed by atoms with Gasteiger partial charge in [-0.3, -0.25) is 4.79 Å². The molecule has 1 amide bonds. The Bertz CT molecular complexity index is 1290. The number of hydrogen-bond acceptors (Lipinski definition) is 3. The Kier molecular flexibility index (Phi) is 5.00. The van der Waals surface area contributed by atoms with Gasteiger partial charge in [0.1, 0.15) is 5.82 Å². The van der Waals surface area contributed by atoms with Gasteiger partial charge in [0.2, 0.25) is 0 Å². The molecule has 0 aliphatic carbocycles. The SMILES string of the molecule is Cc1cc(NC(=O)c2ccc(C(F)(F)F)cc2)n(-c2cc(C)c3cccc(C)c3n2)n1. The van der Waals surface area contributed by atoms with E-state index in [1.807, 2.05) is 38.1 Å². The highest BCUT2D eigenvalue weighted by Crippen LogP contribution is 2.29. The molecule has 0 spiro atoms. The maximum Gasteiger partial charge on any atom is 0.416 e. The van der Waals surface area contributed by atoms with Crippen molar-refractivity contribution in [2.24, 2.45) is 0 Å². The van der Waals surface area contributed by atoms with Crippen LogP contribution in [0.2, 0.25) is 0 Å². The van der Waals surface area contributed by atoms with Crippen LogP contribution in [0.5, 0.6) is 0 Å². The Morgan fingerprint density at radius 2 is 1.68 bits per heavy atom. The number of hydrogen-bond donors (Lipinski definition) is 1. The van der Waals surface area contributed by atoms with Crippen LogP contribution in [0.15, 0.2) is 54.6 Å². The van der Waals surface area contributed by atoms with E-state index in [1.165, 1.54) is 4.68 Å². The fourth-order valence-corrected chi connectivity index (χ4v) is 3.41. The van der Waals surface area contributed by atoms with Crippen molar-refractivity contribution in [2.45, 2.75) is 26.9 Å². The number of alkyl halides is 3. The number of aryl methyl sites for hydroxylation is 3. The van der Waals surface area contributed by atoms with Gasteiger partial charge in [-0.25, -0.2) is 4.98 Å². The van der Waals surface area contributed by atoms with E-state index in [0.29, 0.717) is 17.3 Å². The number of fused-ring (bicyclic) bond motifs is 1. The van der Waals surface area contributed by atoms with E-state index in [9.17, 15) is 18.0 Å². The summed E-state index contributed by atoms with van der Waals surface area (Å²) >= 11 is 0. The van der Waals surface area contributed by atoms with Crippen molar-refractivity contribution in [3.05, 3.63) is 82.5 Å². The number of amides is 1. The molecule has 0 aliphatic heterocycles. The van der Waals surface area contributed by atoms with Crippen LogP contribution in [0.1, 0.15) is 32.7 Å². The average Bonchev–Trinajstić information content (AvgIpc) is 3.08. The number of benzene rings is 2. The molecule has 2 heterocycles. The summed E-state index contributed by atoms with van der Waals surface area (Å²) in [6.07, 6.45) is -4.46. The van der Waals surface area contributed by atoms with Crippen LogP contribution in [-0.4, -0.2) is 20.7 Å². The van der Waals surface area contributed by atoms with Gasteiger partial charge in [-0.15, -0.1) is 0 Å². The van der Waals surface area contributed by atoms with E-state index in [2.05, 4.69) is 10.4 Å². The maximum atomic E-state index is 12.8. The van der Waals surface area contributed by atoms with Gasteiger partial charge < -0.3 is 5.32 Å². The predicted molar refractivity (Wildman–Crippen MR) is 112 cm³/mol. The van der Waals surface area contributed by atoms with Crippen molar-refractivity contribution in [3.8, 4) is 5.82 Å². The van der Waals surface area contributed by atoms with E-state index in [0.717, 1.165) is 46.3 Å². The number of carbonyl (C=O) groups is 1. The average molecular weight is 424 g/mol. The zero-order valence-electron chi connectivity index (χ0n) is 17.1. The van der Waals surface area contributed by atoms with Crippen LogP contribution >= 0.6 is 0 Å². The monoisotopic (exact) mass is 424 g/mol. The predicted octanol–water partition coefficient (Wildman–Crippen LogP) is 5.62. The molecular formula is C23H19F3N4O. The topological polar surface area (TPSA) is 59.8 Å². The normalized spacial score (nSPS) is 11.7. The van der Waals surface area contributed by atoms with E-state index in [-0.39, 0.29) is 5.56 Å². The van der Waals surface area contributed by atoms with Crippen molar-refractivity contribution in [1.82, 2.24) is 14.8 Å². The lowest BCUT2D eigenvalue weighted by Crippen LogP contribution is -2.16. The van der Waals surface area contributed by atoms with E-state index < -0.39 is 17.6 Å². The minimum Gasteiger partial charge on any atom is -0.306 e. The molecular weight excluding hydrogens is 405 g/mol. The minimum absolute atomic E-state index is 0.108. The van der Waals surface area contributed by atoms with Gasteiger partial charge in [-0.1, -0.05) is 18.2 Å². The first-order valence-electron chi connectivity index (χ1n) is 9.56. The molecule has 0 aliphatic rings. The quantitative estimate of drug-likeness (QED) is 0.465. The summed E-state index contributed by atoms with van der Waals surface area (Å²) in [6, 6.07) is 13.6. The number of para-hydroxylation sites is 1. The molecule has 2 aromatic carbocycles. The van der Waals surface area contributed by atoms with Crippen LogP contribution < -0.4 is 5.32 Å². The zero-order chi connectivity index (χ0) is 22.3. The van der Waals surface area contributed by atoms with Crippen LogP contribution in [0, 0.1) is 20.8 Å². The zero-order valence-corrected chi connectivity index (χ0v) is 17.1. The van der Waals surface area contributed by atoms with Crippen molar-refractivity contribution >= 4 is 22.6 Å². The number of nitrogens with zero attached hydrogens (tertiary/aromatic N) is 3. The standard InChI is InChI=1S/C23H19F3N4O/c1-13-5-4-6-18-14(2)11-19(27-21(13)18)30-20(12-15(3)29-30)28-22(31)16-7-9-17(10-8-16)23(24,25)26/h4-12H,1-3H3,(H,28,31). The number of nitrogens with one attached hydrogen (secondary N) is 1. The first kappa shape index (κ1) is 20.6. The molecule has 0 atom stereocenters. The number of aromatic nitrogens is 3. The van der Waals surface area contributed by atoms with Crippen molar-refractivity contribution in [1.29, 1.82) is 0 Å². The Hall–Kier alpha value is -3.68. The molecule has 0 saturated carbocycles. The molecule has 5 nitrogen and oxygen atoms in total. The molecule has 0 saturated heterocycles. The van der Waals surface area contributed by atoms with Crippen molar-refractivity contribution in [3.63, 3.8) is 0 Å². The second kappa shape index (κ2) is 7.54. The van der Waals surface area contributed by atoms with Gasteiger partial charge in [0.05, 0.1) is 16.8 Å². The van der Waals surface area contributed by atoms with Crippen molar-refractivity contribution < 1.29 is 18.0 Å². The maximum absolute atomic E-state index is 12.8. The van der Waals surface area contributed by atoms with Gasteiger partial charge in [0, 0.05) is 17.0 Å². The van der Waals surface area contributed by atoms with E-state index in [4.69, 9.17) is 4.98 Å². The molecule has 4 aromatic rings. The summed E-state index contributed by atoms with van der Waals surface area (Å²) in [5.74, 6) is 0.376. The summed E-state index contributed by atoms with van der Waals surface area (Å²) in [6.45, 7) is 5.73. The van der Waals surface area contributed by atoms with Crippen LogP contribution in [0.25, 0.3) is 16.7 Å². The Morgan fingerprint density at radius 3 is 2.35 bits per heavy atom. The summed E-state index contributed by atoms with van der Waals surface area (Å²) in [5.41, 5.74) is 2.82. The first-order chi connectivity index (χ1) is 14.6. The highest BCUT2D eigenvalue weighted by atomic mass is 19.4. The van der Waals surface area contributed by atoms with E-state index >= 15 is 0 Å². The Labute approximate surface area is 176 Å². The number of anilines is 1. The minimum atomic E-state index is -4.46. The molecule has 0 bridgehead atoms. The van der Waals surface area contributed by atoms with Crippen molar-refractivity contribution in [2.75, 3.05) is 5.32 Å². The fraction of sp³-hybridized carbons (Fsp3) is 0.174. The molecule has 4 rings (SSSR count). The van der Waals surface area contributed by atoms with Crippen LogP contribution in [-0.2, 0) is 6.18 Å². The molecule has 31 heavy (non-hydrogen) atoms. The lowest BCUT2D eigenvalue weighted by molar-refractivity contribution is -0.137. The largest absolute Gasteiger partial charge is 0.416 e. The van der Waals surface area contributed by atoms with Gasteiger partial charge in [0.25, 0.3) is 5.91 Å². The van der Waals surface area contributed by atoms with Crippen LogP contribution in [0.3, 0.4) is 0 Å². The summed E-state index contributed by atoms with van der Waals surface area (Å²) in [7, 11) is 0.